The standard InChI is InChI=1S/C25H17F4N7O5/c1-13-21-22(32-35(13)14-6-8-15(9-7-14)36(39)40)33(12-16-17(25(27,28)29)4-3-5-18(16)26)24(38)34(23(21)37)19-10-11-20(41-2)31-30-19/h3-11H,12H2,1-2H3. The van der Waals surface area contributed by atoms with Crippen molar-refractivity contribution in [3.63, 3.8) is 0 Å². The van der Waals surface area contributed by atoms with Crippen LogP contribution in [0, 0.1) is 22.9 Å². The molecule has 0 saturated heterocycles. The largest absolute Gasteiger partial charge is 0.480 e. The maximum absolute atomic E-state index is 14.8. The summed E-state index contributed by atoms with van der Waals surface area (Å²) in [5.74, 6) is -1.44. The predicted octanol–water partition coefficient (Wildman–Crippen LogP) is 3.56. The number of hydrogen-bond acceptors (Lipinski definition) is 8. The van der Waals surface area contributed by atoms with Crippen LogP contribution in [0.4, 0.5) is 23.2 Å². The number of non-ortho nitro benzene ring substituents is 1. The average Bonchev–Trinajstić information content (AvgIpc) is 3.28. The summed E-state index contributed by atoms with van der Waals surface area (Å²) in [6.45, 7) is 0.513. The first-order chi connectivity index (χ1) is 19.4. The molecule has 0 saturated carbocycles. The Labute approximate surface area is 225 Å². The molecule has 0 atom stereocenters. The lowest BCUT2D eigenvalue weighted by molar-refractivity contribution is -0.384. The number of methoxy groups -OCH3 is 1. The van der Waals surface area contributed by atoms with Crippen LogP contribution in [0.3, 0.4) is 0 Å². The van der Waals surface area contributed by atoms with Gasteiger partial charge in [0.2, 0.25) is 5.88 Å². The summed E-state index contributed by atoms with van der Waals surface area (Å²) in [6.07, 6.45) is -4.95. The third kappa shape index (κ3) is 4.68. The average molecular weight is 571 g/mol. The number of nitro benzene ring substituents is 1. The second-order valence-electron chi connectivity index (χ2n) is 8.68. The molecule has 16 heteroatoms. The van der Waals surface area contributed by atoms with Gasteiger partial charge in [0.25, 0.3) is 11.2 Å². The number of nitro groups is 1. The lowest BCUT2D eigenvalue weighted by atomic mass is 10.1. The maximum Gasteiger partial charge on any atom is 0.416 e. The van der Waals surface area contributed by atoms with Crippen LogP contribution in [0.25, 0.3) is 22.5 Å². The molecule has 0 unspecified atom stereocenters. The van der Waals surface area contributed by atoms with Gasteiger partial charge in [-0.15, -0.1) is 15.3 Å². The van der Waals surface area contributed by atoms with Gasteiger partial charge in [-0.1, -0.05) is 6.07 Å². The van der Waals surface area contributed by atoms with Crippen molar-refractivity contribution in [1.29, 1.82) is 0 Å². The Balaban J connectivity index is 1.83. The van der Waals surface area contributed by atoms with E-state index < -0.39 is 45.8 Å². The van der Waals surface area contributed by atoms with Crippen molar-refractivity contribution in [2.45, 2.75) is 19.6 Å². The summed E-state index contributed by atoms with van der Waals surface area (Å²) < 4.78 is 63.7. The number of hydrogen-bond donors (Lipinski definition) is 0. The van der Waals surface area contributed by atoms with E-state index in [0.717, 1.165) is 16.7 Å². The fraction of sp³-hybridized carbons (Fsp3) is 0.160. The minimum atomic E-state index is -4.95. The summed E-state index contributed by atoms with van der Waals surface area (Å²) in [5.41, 5.74) is -4.41. The Kier molecular flexibility index (Phi) is 6.60. The van der Waals surface area contributed by atoms with Crippen LogP contribution < -0.4 is 16.0 Å². The van der Waals surface area contributed by atoms with E-state index in [1.165, 1.54) is 55.1 Å². The van der Waals surface area contributed by atoms with Crippen LogP contribution in [-0.2, 0) is 12.7 Å². The predicted molar refractivity (Wildman–Crippen MR) is 135 cm³/mol. The minimum Gasteiger partial charge on any atom is -0.480 e. The van der Waals surface area contributed by atoms with Crippen LogP contribution in [0.2, 0.25) is 0 Å². The first-order valence-corrected chi connectivity index (χ1v) is 11.6. The molecule has 5 rings (SSSR count). The van der Waals surface area contributed by atoms with E-state index >= 15 is 0 Å². The van der Waals surface area contributed by atoms with E-state index in [2.05, 4.69) is 15.3 Å². The smallest absolute Gasteiger partial charge is 0.416 e. The number of benzene rings is 2. The van der Waals surface area contributed by atoms with Gasteiger partial charge >= 0.3 is 11.9 Å². The summed E-state index contributed by atoms with van der Waals surface area (Å²) in [5, 5.41) is 22.7. The lowest BCUT2D eigenvalue weighted by Crippen LogP contribution is -2.40. The molecule has 0 amide bonds. The Morgan fingerprint density at radius 3 is 2.32 bits per heavy atom. The van der Waals surface area contributed by atoms with Crippen molar-refractivity contribution in [3.8, 4) is 17.4 Å². The van der Waals surface area contributed by atoms with Gasteiger partial charge in [-0.2, -0.15) is 13.2 Å². The molecule has 3 aromatic heterocycles. The SMILES string of the molecule is COc1ccc(-n2c(=O)c3c(C)n(-c4ccc([N+](=O)[O-])cc4)nc3n(Cc3c(F)cccc3C(F)(F)F)c2=O)nn1. The fourth-order valence-electron chi connectivity index (χ4n) is 4.33. The number of aryl methyl sites for hydroxylation is 1. The second-order valence-corrected chi connectivity index (χ2v) is 8.68. The van der Waals surface area contributed by atoms with Crippen LogP contribution in [0.15, 0.2) is 64.2 Å². The van der Waals surface area contributed by atoms with Crippen molar-refractivity contribution in [3.05, 3.63) is 108 Å². The van der Waals surface area contributed by atoms with Crippen LogP contribution in [-0.4, -0.2) is 41.1 Å². The van der Waals surface area contributed by atoms with Gasteiger partial charge in [-0.25, -0.2) is 18.4 Å². The van der Waals surface area contributed by atoms with Crippen molar-refractivity contribution in [2.24, 2.45) is 0 Å². The van der Waals surface area contributed by atoms with Crippen molar-refractivity contribution in [2.75, 3.05) is 7.11 Å². The zero-order valence-corrected chi connectivity index (χ0v) is 21.1. The van der Waals surface area contributed by atoms with Gasteiger partial charge in [0.15, 0.2) is 11.5 Å². The number of fused-ring (bicyclic) bond motifs is 1. The Hall–Kier alpha value is -5.41. The second kappa shape index (κ2) is 9.96. The van der Waals surface area contributed by atoms with E-state index in [-0.39, 0.29) is 39.8 Å². The van der Waals surface area contributed by atoms with Crippen molar-refractivity contribution in [1.82, 2.24) is 29.1 Å². The third-order valence-corrected chi connectivity index (χ3v) is 6.30. The first kappa shape index (κ1) is 27.2. The Bertz CT molecular complexity index is 1930. The summed E-state index contributed by atoms with van der Waals surface area (Å²) in [7, 11) is 1.32. The molecular weight excluding hydrogens is 554 g/mol. The van der Waals surface area contributed by atoms with Gasteiger partial charge in [0.1, 0.15) is 11.2 Å². The number of halogens is 4. The molecule has 0 aliphatic rings. The molecule has 0 bridgehead atoms. The van der Waals surface area contributed by atoms with E-state index in [1.54, 1.807) is 0 Å². The lowest BCUT2D eigenvalue weighted by Gasteiger charge is -2.16. The normalized spacial score (nSPS) is 11.7. The Morgan fingerprint density at radius 1 is 1.02 bits per heavy atom. The van der Waals surface area contributed by atoms with Gasteiger partial charge < -0.3 is 4.74 Å². The topological polar surface area (TPSA) is 140 Å². The van der Waals surface area contributed by atoms with Crippen molar-refractivity contribution < 1.29 is 27.2 Å². The molecule has 0 fully saturated rings. The molecule has 210 valence electrons. The molecule has 2 aromatic carbocycles. The molecule has 41 heavy (non-hydrogen) atoms. The highest BCUT2D eigenvalue weighted by molar-refractivity contribution is 5.78. The summed E-state index contributed by atoms with van der Waals surface area (Å²) in [6, 6.07) is 9.99. The quantitative estimate of drug-likeness (QED) is 0.171. The minimum absolute atomic E-state index is 0.0616. The third-order valence-electron chi connectivity index (χ3n) is 6.30. The van der Waals surface area contributed by atoms with E-state index in [1.807, 2.05) is 0 Å². The van der Waals surface area contributed by atoms with Crippen molar-refractivity contribution >= 4 is 16.7 Å². The van der Waals surface area contributed by atoms with Gasteiger partial charge in [-0.05, 0) is 37.3 Å². The van der Waals surface area contributed by atoms with Crippen LogP contribution in [0.5, 0.6) is 5.88 Å². The van der Waals surface area contributed by atoms with E-state index in [9.17, 15) is 37.3 Å². The molecule has 3 heterocycles. The molecule has 0 N–H and O–H groups in total. The fourth-order valence-corrected chi connectivity index (χ4v) is 4.33. The number of nitrogens with zero attached hydrogens (tertiary/aromatic N) is 7. The van der Waals surface area contributed by atoms with E-state index in [0.29, 0.717) is 10.6 Å². The molecule has 0 spiro atoms. The first-order valence-electron chi connectivity index (χ1n) is 11.6. The molecule has 12 nitrogen and oxygen atoms in total. The van der Waals surface area contributed by atoms with Gasteiger partial charge in [-0.3, -0.25) is 19.5 Å². The molecule has 0 aliphatic carbocycles. The Morgan fingerprint density at radius 2 is 1.73 bits per heavy atom. The highest BCUT2D eigenvalue weighted by Gasteiger charge is 2.35. The summed E-state index contributed by atoms with van der Waals surface area (Å²) >= 11 is 0. The number of alkyl halides is 3. The highest BCUT2D eigenvalue weighted by Crippen LogP contribution is 2.33. The summed E-state index contributed by atoms with van der Waals surface area (Å²) in [4.78, 5) is 37.8. The molecule has 0 aliphatic heterocycles. The maximum atomic E-state index is 14.8. The van der Waals surface area contributed by atoms with Crippen LogP contribution >= 0.6 is 0 Å². The molecule has 5 aromatic rings. The molecule has 0 radical (unpaired) electrons. The van der Waals surface area contributed by atoms with E-state index in [4.69, 9.17) is 4.74 Å². The zero-order valence-electron chi connectivity index (χ0n) is 21.1. The number of rotatable bonds is 6. The monoisotopic (exact) mass is 571 g/mol. The highest BCUT2D eigenvalue weighted by atomic mass is 19.4. The number of aromatic nitrogens is 6. The zero-order chi connectivity index (χ0) is 29.6. The van der Waals surface area contributed by atoms with Gasteiger partial charge in [0.05, 0.1) is 35.5 Å². The van der Waals surface area contributed by atoms with Gasteiger partial charge in [0, 0.05) is 23.8 Å². The molecular formula is C25H17F4N7O5. The number of ether oxygens (including phenoxy) is 1. The van der Waals surface area contributed by atoms with Crippen LogP contribution in [0.1, 0.15) is 16.8 Å².